The molecule has 0 spiro atoms. The molecule has 1 N–H and O–H groups in total. The summed E-state index contributed by atoms with van der Waals surface area (Å²) < 4.78 is 5.28. The van der Waals surface area contributed by atoms with Gasteiger partial charge < -0.3 is 4.74 Å². The van der Waals surface area contributed by atoms with E-state index < -0.39 is 0 Å². The monoisotopic (exact) mass is 299 g/mol. The summed E-state index contributed by atoms with van der Waals surface area (Å²) in [5.74, 6) is 0.644. The first kappa shape index (κ1) is 18.0. The van der Waals surface area contributed by atoms with Gasteiger partial charge >= 0.3 is 6.09 Å². The quantitative estimate of drug-likeness (QED) is 0.446. The molecule has 0 aromatic rings. The highest BCUT2D eigenvalue weighted by atomic mass is 16.6. The average Bonchev–Trinajstić information content (AvgIpc) is 2.41. The fourth-order valence-electron chi connectivity index (χ4n) is 3.24. The smallest absolute Gasteiger partial charge is 0.418 e. The van der Waals surface area contributed by atoms with Gasteiger partial charge in [0, 0.05) is 12.8 Å². The maximum Gasteiger partial charge on any atom is 0.541 e. The zero-order valence-corrected chi connectivity index (χ0v) is 14.0. The van der Waals surface area contributed by atoms with Crippen LogP contribution in [-0.2, 0) is 9.53 Å². The minimum absolute atomic E-state index is 0.0547. The average molecular weight is 299 g/mol. The number of carbonyl (C=O) groups excluding carboxylic acids is 2. The molecule has 0 unspecified atom stereocenters. The zero-order valence-electron chi connectivity index (χ0n) is 14.0. The molecule has 0 aliphatic carbocycles. The van der Waals surface area contributed by atoms with Gasteiger partial charge in [0.2, 0.25) is 0 Å². The van der Waals surface area contributed by atoms with Crippen molar-refractivity contribution in [2.75, 3.05) is 19.7 Å². The standard InChI is InChI=1S/C16H30N2O3/c1-5-6-11-21-15(20)18(17-13-19)9-7-16(4,8-10-18)12-14(2)3/h13-14H,5-12H2,1-4H3/p+1. The Hall–Kier alpha value is -1.10. The Bertz CT molecular complexity index is 347. The van der Waals surface area contributed by atoms with E-state index in [0.717, 1.165) is 32.1 Å². The van der Waals surface area contributed by atoms with E-state index in [2.05, 4.69) is 33.1 Å². The summed E-state index contributed by atoms with van der Waals surface area (Å²) >= 11 is 0. The van der Waals surface area contributed by atoms with Crippen molar-refractivity contribution in [2.45, 2.75) is 59.8 Å². The van der Waals surface area contributed by atoms with E-state index in [0.29, 0.717) is 32.0 Å². The largest absolute Gasteiger partial charge is 0.541 e. The van der Waals surface area contributed by atoms with Gasteiger partial charge in [-0.05, 0) is 24.2 Å². The molecule has 5 heteroatoms. The number of unbranched alkanes of at least 4 members (excludes halogenated alkanes) is 1. The first-order chi connectivity index (χ1) is 9.87. The third-order valence-electron chi connectivity index (χ3n) is 4.47. The third-order valence-corrected chi connectivity index (χ3v) is 4.47. The molecule has 21 heavy (non-hydrogen) atoms. The van der Waals surface area contributed by atoms with Crippen LogP contribution in [0.2, 0.25) is 0 Å². The Kier molecular flexibility index (Phi) is 6.65. The van der Waals surface area contributed by atoms with Crippen LogP contribution in [0, 0.1) is 11.3 Å². The molecular formula is C16H31N2O3+. The number of likely N-dealkylation sites (tertiary alicyclic amines) is 1. The maximum absolute atomic E-state index is 12.3. The number of ether oxygens (including phenoxy) is 1. The second kappa shape index (κ2) is 7.78. The van der Waals surface area contributed by atoms with Gasteiger partial charge in [-0.15, -0.1) is 4.59 Å². The molecule has 1 heterocycles. The van der Waals surface area contributed by atoms with Gasteiger partial charge in [0.15, 0.2) is 0 Å². The number of quaternary nitrogens is 1. The van der Waals surface area contributed by atoms with Crippen molar-refractivity contribution in [2.24, 2.45) is 11.3 Å². The number of hydrogen-bond acceptors (Lipinski definition) is 3. The van der Waals surface area contributed by atoms with Gasteiger partial charge in [0.1, 0.15) is 13.1 Å². The molecule has 1 fully saturated rings. The predicted molar refractivity (Wildman–Crippen MR) is 82.2 cm³/mol. The summed E-state index contributed by atoms with van der Waals surface area (Å²) in [6.07, 6.45) is 5.15. The van der Waals surface area contributed by atoms with Gasteiger partial charge in [0.05, 0.1) is 6.61 Å². The highest BCUT2D eigenvalue weighted by molar-refractivity contribution is 5.61. The zero-order chi connectivity index (χ0) is 15.9. The van der Waals surface area contributed by atoms with Crippen LogP contribution in [0.5, 0.6) is 0 Å². The number of nitrogens with one attached hydrogen (secondary N) is 1. The molecule has 1 aliphatic rings. The van der Waals surface area contributed by atoms with Crippen molar-refractivity contribution in [3.63, 3.8) is 0 Å². The third kappa shape index (κ3) is 4.99. The molecule has 0 radical (unpaired) electrons. The number of hydrogen-bond donors (Lipinski definition) is 1. The second-order valence-electron chi connectivity index (χ2n) is 7.04. The van der Waals surface area contributed by atoms with E-state index >= 15 is 0 Å². The van der Waals surface area contributed by atoms with Gasteiger partial charge in [-0.3, -0.25) is 4.79 Å². The number of carbonyl (C=O) groups is 2. The van der Waals surface area contributed by atoms with Crippen LogP contribution in [0.1, 0.15) is 59.8 Å². The molecule has 0 bridgehead atoms. The van der Waals surface area contributed by atoms with Crippen molar-refractivity contribution in [3.05, 3.63) is 0 Å². The summed E-state index contributed by atoms with van der Waals surface area (Å²) in [4.78, 5) is 23.3. The fraction of sp³-hybridized carbons (Fsp3) is 0.875. The van der Waals surface area contributed by atoms with Gasteiger partial charge in [-0.1, -0.05) is 34.1 Å². The van der Waals surface area contributed by atoms with E-state index in [1.54, 1.807) is 0 Å². The summed E-state index contributed by atoms with van der Waals surface area (Å²) in [5.41, 5.74) is 2.95. The minimum atomic E-state index is -0.317. The lowest BCUT2D eigenvalue weighted by Gasteiger charge is -2.43. The summed E-state index contributed by atoms with van der Waals surface area (Å²) in [6, 6.07) is 0. The number of amides is 2. The highest BCUT2D eigenvalue weighted by Gasteiger charge is 2.47. The highest BCUT2D eigenvalue weighted by Crippen LogP contribution is 2.39. The lowest BCUT2D eigenvalue weighted by atomic mass is 9.74. The molecule has 1 aliphatic heterocycles. The van der Waals surface area contributed by atoms with Crippen LogP contribution in [-0.4, -0.2) is 36.8 Å². The Morgan fingerprint density at radius 3 is 2.48 bits per heavy atom. The minimum Gasteiger partial charge on any atom is -0.418 e. The molecule has 0 atom stereocenters. The van der Waals surface area contributed by atoms with Gasteiger partial charge in [0.25, 0.3) is 6.41 Å². The van der Waals surface area contributed by atoms with Crippen molar-refractivity contribution >= 4 is 12.5 Å². The predicted octanol–water partition coefficient (Wildman–Crippen LogP) is 3.25. The molecule has 1 rings (SSSR count). The topological polar surface area (TPSA) is 55.4 Å². The first-order valence-electron chi connectivity index (χ1n) is 8.13. The molecule has 0 aromatic carbocycles. The molecule has 5 nitrogen and oxygen atoms in total. The Morgan fingerprint density at radius 1 is 1.38 bits per heavy atom. The van der Waals surface area contributed by atoms with E-state index in [9.17, 15) is 9.59 Å². The second-order valence-corrected chi connectivity index (χ2v) is 7.04. The van der Waals surface area contributed by atoms with Crippen LogP contribution in [0.25, 0.3) is 0 Å². The lowest BCUT2D eigenvalue weighted by Crippen LogP contribution is -2.65. The van der Waals surface area contributed by atoms with E-state index in [1.165, 1.54) is 0 Å². The Morgan fingerprint density at radius 2 is 2.00 bits per heavy atom. The fourth-order valence-corrected chi connectivity index (χ4v) is 3.24. The Labute approximate surface area is 128 Å². The normalized spacial score (nSPS) is 29.2. The van der Waals surface area contributed by atoms with Gasteiger partial charge in [-0.2, -0.15) is 10.2 Å². The van der Waals surface area contributed by atoms with Crippen LogP contribution in [0.4, 0.5) is 4.79 Å². The van der Waals surface area contributed by atoms with Crippen LogP contribution < -0.4 is 5.43 Å². The molecule has 1 saturated heterocycles. The van der Waals surface area contributed by atoms with Crippen LogP contribution in [0.3, 0.4) is 0 Å². The summed E-state index contributed by atoms with van der Waals surface area (Å²) in [5, 5.41) is 0. The number of nitrogens with zero attached hydrogens (tertiary/aromatic N) is 1. The number of rotatable bonds is 7. The van der Waals surface area contributed by atoms with E-state index in [4.69, 9.17) is 4.74 Å². The molecular weight excluding hydrogens is 268 g/mol. The molecule has 0 aromatic heterocycles. The van der Waals surface area contributed by atoms with Gasteiger partial charge in [-0.25, -0.2) is 0 Å². The van der Waals surface area contributed by atoms with Crippen molar-refractivity contribution in [3.8, 4) is 0 Å². The molecule has 122 valence electrons. The van der Waals surface area contributed by atoms with Crippen molar-refractivity contribution in [1.29, 1.82) is 0 Å². The SMILES string of the molecule is CCCCOC(=O)[N+]1(NC=O)CCC(C)(CC(C)C)CC1. The van der Waals surface area contributed by atoms with Crippen molar-refractivity contribution < 1.29 is 18.9 Å². The number of piperidine rings is 1. The lowest BCUT2D eigenvalue weighted by molar-refractivity contribution is -0.899. The van der Waals surface area contributed by atoms with Crippen molar-refractivity contribution in [1.82, 2.24) is 5.43 Å². The Balaban J connectivity index is 2.67. The van der Waals surface area contributed by atoms with E-state index in [1.807, 2.05) is 0 Å². The van der Waals surface area contributed by atoms with Crippen LogP contribution >= 0.6 is 0 Å². The maximum atomic E-state index is 12.3. The van der Waals surface area contributed by atoms with E-state index in [-0.39, 0.29) is 16.1 Å². The van der Waals surface area contributed by atoms with Crippen LogP contribution in [0.15, 0.2) is 0 Å². The first-order valence-corrected chi connectivity index (χ1v) is 8.13. The summed E-state index contributed by atoms with van der Waals surface area (Å²) in [6.45, 7) is 10.5. The molecule has 0 saturated carbocycles. The summed E-state index contributed by atoms with van der Waals surface area (Å²) in [7, 11) is 0. The molecule has 2 amide bonds.